The molecule has 2 rings (SSSR count). The maximum Gasteiger partial charge on any atom is 0.340 e. The van der Waals surface area contributed by atoms with Crippen molar-refractivity contribution in [2.24, 2.45) is 0 Å². The van der Waals surface area contributed by atoms with Gasteiger partial charge in [0.25, 0.3) is 0 Å². The summed E-state index contributed by atoms with van der Waals surface area (Å²) in [4.78, 5) is 11.3. The third-order valence-corrected chi connectivity index (χ3v) is 3.22. The first kappa shape index (κ1) is 11.0. The van der Waals surface area contributed by atoms with Gasteiger partial charge in [-0.25, -0.2) is 9.18 Å². The number of carboxylic acid groups (broad SMARTS) is 1. The molecule has 0 fully saturated rings. The van der Waals surface area contributed by atoms with Crippen LogP contribution >= 0.6 is 23.1 Å². The Bertz CT molecular complexity index is 556. The molecular formula is C10H5ClFNO2S. The van der Waals surface area contributed by atoms with E-state index in [0.717, 1.165) is 11.5 Å². The van der Waals surface area contributed by atoms with E-state index in [9.17, 15) is 9.18 Å². The largest absolute Gasteiger partial charge is 0.478 e. The summed E-state index contributed by atoms with van der Waals surface area (Å²) < 4.78 is 16.7. The summed E-state index contributed by atoms with van der Waals surface area (Å²) in [6.07, 6.45) is 0. The molecule has 1 heterocycles. The van der Waals surface area contributed by atoms with Gasteiger partial charge >= 0.3 is 5.97 Å². The van der Waals surface area contributed by atoms with Crippen molar-refractivity contribution in [3.63, 3.8) is 0 Å². The van der Waals surface area contributed by atoms with E-state index in [0.29, 0.717) is 10.4 Å². The molecule has 1 aromatic heterocycles. The number of hydrogen-bond donors (Lipinski definition) is 1. The van der Waals surface area contributed by atoms with E-state index in [2.05, 4.69) is 4.37 Å². The van der Waals surface area contributed by atoms with E-state index < -0.39 is 11.8 Å². The summed E-state index contributed by atoms with van der Waals surface area (Å²) in [6.45, 7) is 0. The van der Waals surface area contributed by atoms with Crippen molar-refractivity contribution in [2.45, 2.75) is 0 Å². The SMILES string of the molecule is O=C(O)c1c(Cl)nsc1-c1cccc(F)c1. The predicted octanol–water partition coefficient (Wildman–Crippen LogP) is 3.30. The van der Waals surface area contributed by atoms with Crippen LogP contribution < -0.4 is 0 Å². The van der Waals surface area contributed by atoms with Gasteiger partial charge in [0, 0.05) is 0 Å². The summed E-state index contributed by atoms with van der Waals surface area (Å²) in [5, 5.41) is 8.88. The van der Waals surface area contributed by atoms with Crippen LogP contribution in [0.1, 0.15) is 10.4 Å². The van der Waals surface area contributed by atoms with Gasteiger partial charge in [0.15, 0.2) is 5.15 Å². The number of benzene rings is 1. The average molecular weight is 258 g/mol. The first-order chi connectivity index (χ1) is 7.59. The second-order valence-corrected chi connectivity index (χ2v) is 4.12. The summed E-state index contributed by atoms with van der Waals surface area (Å²) in [6, 6.07) is 5.64. The second kappa shape index (κ2) is 4.19. The number of rotatable bonds is 2. The maximum atomic E-state index is 13.0. The van der Waals surface area contributed by atoms with Crippen LogP contribution in [-0.4, -0.2) is 15.4 Å². The highest BCUT2D eigenvalue weighted by Crippen LogP contribution is 2.33. The minimum Gasteiger partial charge on any atom is -0.478 e. The lowest BCUT2D eigenvalue weighted by molar-refractivity contribution is 0.0698. The normalized spacial score (nSPS) is 10.4. The summed E-state index contributed by atoms with van der Waals surface area (Å²) in [7, 11) is 0. The molecule has 1 N–H and O–H groups in total. The molecule has 0 aliphatic carbocycles. The molecule has 0 atom stereocenters. The minimum absolute atomic E-state index is 0.0724. The monoisotopic (exact) mass is 257 g/mol. The standard InChI is InChI=1S/C10H5ClFNO2S/c11-9-7(10(14)15)8(16-13-9)5-2-1-3-6(12)4-5/h1-4H,(H,14,15). The molecule has 1 aromatic carbocycles. The number of halogens is 2. The number of carboxylic acids is 1. The molecule has 3 nitrogen and oxygen atoms in total. The Kier molecular flexibility index (Phi) is 2.89. The van der Waals surface area contributed by atoms with Crippen LogP contribution in [0, 0.1) is 5.82 Å². The van der Waals surface area contributed by atoms with Crippen molar-refractivity contribution in [1.82, 2.24) is 4.37 Å². The lowest BCUT2D eigenvalue weighted by Crippen LogP contribution is -1.97. The predicted molar refractivity (Wildman–Crippen MR) is 59.5 cm³/mol. The van der Waals surface area contributed by atoms with Gasteiger partial charge in [-0.3, -0.25) is 0 Å². The molecule has 16 heavy (non-hydrogen) atoms. The van der Waals surface area contributed by atoms with Gasteiger partial charge in [0.1, 0.15) is 11.4 Å². The van der Waals surface area contributed by atoms with Crippen LogP contribution in [0.15, 0.2) is 24.3 Å². The Morgan fingerprint density at radius 1 is 1.50 bits per heavy atom. The third kappa shape index (κ3) is 1.91. The molecule has 0 radical (unpaired) electrons. The van der Waals surface area contributed by atoms with Crippen LogP contribution in [0.3, 0.4) is 0 Å². The fraction of sp³-hybridized carbons (Fsp3) is 0. The van der Waals surface area contributed by atoms with Crippen molar-refractivity contribution in [2.75, 3.05) is 0 Å². The highest BCUT2D eigenvalue weighted by atomic mass is 35.5. The van der Waals surface area contributed by atoms with Crippen molar-refractivity contribution in [3.8, 4) is 10.4 Å². The van der Waals surface area contributed by atoms with Gasteiger partial charge in [-0.2, -0.15) is 4.37 Å². The molecule has 0 saturated carbocycles. The second-order valence-electron chi connectivity index (χ2n) is 2.99. The molecule has 2 aromatic rings. The van der Waals surface area contributed by atoms with Crippen LogP contribution in [-0.2, 0) is 0 Å². The number of aromatic carboxylic acids is 1. The fourth-order valence-electron chi connectivity index (χ4n) is 1.28. The van der Waals surface area contributed by atoms with Gasteiger partial charge in [0.2, 0.25) is 0 Å². The zero-order chi connectivity index (χ0) is 11.7. The Morgan fingerprint density at radius 3 is 2.88 bits per heavy atom. The van der Waals surface area contributed by atoms with E-state index in [1.54, 1.807) is 6.07 Å². The van der Waals surface area contributed by atoms with Crippen molar-refractivity contribution < 1.29 is 14.3 Å². The number of nitrogens with zero attached hydrogens (tertiary/aromatic N) is 1. The first-order valence-electron chi connectivity index (χ1n) is 4.24. The Morgan fingerprint density at radius 2 is 2.25 bits per heavy atom. The van der Waals surface area contributed by atoms with Gasteiger partial charge in [0.05, 0.1) is 4.88 Å². The Hall–Kier alpha value is -1.46. The number of carbonyl (C=O) groups is 1. The number of aromatic nitrogens is 1. The third-order valence-electron chi connectivity index (χ3n) is 1.95. The maximum absolute atomic E-state index is 13.0. The molecular weight excluding hydrogens is 253 g/mol. The van der Waals surface area contributed by atoms with Gasteiger partial charge in [-0.1, -0.05) is 23.7 Å². The molecule has 0 bridgehead atoms. The summed E-state index contributed by atoms with van der Waals surface area (Å²) >= 11 is 6.59. The molecule has 0 aliphatic heterocycles. The van der Waals surface area contributed by atoms with Gasteiger partial charge in [-0.05, 0) is 29.2 Å². The molecule has 0 unspecified atom stereocenters. The van der Waals surface area contributed by atoms with E-state index in [1.165, 1.54) is 18.2 Å². The fourth-order valence-corrected chi connectivity index (χ4v) is 2.39. The molecule has 0 spiro atoms. The van der Waals surface area contributed by atoms with E-state index in [-0.39, 0.29) is 10.7 Å². The quantitative estimate of drug-likeness (QED) is 0.898. The lowest BCUT2D eigenvalue weighted by Gasteiger charge is -1.99. The number of hydrogen-bond acceptors (Lipinski definition) is 3. The molecule has 0 saturated heterocycles. The van der Waals surface area contributed by atoms with Crippen molar-refractivity contribution in [1.29, 1.82) is 0 Å². The van der Waals surface area contributed by atoms with E-state index >= 15 is 0 Å². The average Bonchev–Trinajstić information content (AvgIpc) is 2.60. The van der Waals surface area contributed by atoms with Crippen molar-refractivity contribution >= 4 is 29.1 Å². The smallest absolute Gasteiger partial charge is 0.340 e. The zero-order valence-corrected chi connectivity index (χ0v) is 9.35. The molecule has 6 heteroatoms. The van der Waals surface area contributed by atoms with Gasteiger partial charge < -0.3 is 5.11 Å². The Balaban J connectivity index is 2.60. The topological polar surface area (TPSA) is 50.2 Å². The molecule has 0 amide bonds. The van der Waals surface area contributed by atoms with Crippen LogP contribution in [0.25, 0.3) is 10.4 Å². The minimum atomic E-state index is -1.17. The molecule has 82 valence electrons. The summed E-state index contributed by atoms with van der Waals surface area (Å²) in [5.41, 5.74) is 0.374. The zero-order valence-electron chi connectivity index (χ0n) is 7.78. The summed E-state index contributed by atoms with van der Waals surface area (Å²) in [5.74, 6) is -1.60. The van der Waals surface area contributed by atoms with E-state index in [4.69, 9.17) is 16.7 Å². The highest BCUT2D eigenvalue weighted by molar-refractivity contribution is 7.10. The van der Waals surface area contributed by atoms with Gasteiger partial charge in [-0.15, -0.1) is 0 Å². The van der Waals surface area contributed by atoms with Crippen LogP contribution in [0.2, 0.25) is 5.15 Å². The van der Waals surface area contributed by atoms with E-state index in [1.807, 2.05) is 0 Å². The highest BCUT2D eigenvalue weighted by Gasteiger charge is 2.20. The molecule has 0 aliphatic rings. The lowest BCUT2D eigenvalue weighted by atomic mass is 10.1. The van der Waals surface area contributed by atoms with Crippen LogP contribution in [0.4, 0.5) is 4.39 Å². The Labute approximate surface area is 99.3 Å². The van der Waals surface area contributed by atoms with Crippen LogP contribution in [0.5, 0.6) is 0 Å². The first-order valence-corrected chi connectivity index (χ1v) is 5.39. The van der Waals surface area contributed by atoms with Crippen molar-refractivity contribution in [3.05, 3.63) is 40.8 Å².